The Morgan fingerprint density at radius 1 is 0.929 bits per heavy atom. The first-order chi connectivity index (χ1) is 20.4. The van der Waals surface area contributed by atoms with E-state index in [4.69, 9.17) is 33.9 Å². The molecule has 42 heavy (non-hydrogen) atoms. The maximum Gasteiger partial charge on any atom is 0.224 e. The highest BCUT2D eigenvalue weighted by molar-refractivity contribution is 8.24. The fraction of sp³-hybridized carbons (Fsp3) is 0.588. The molecule has 2 aromatic heterocycles. The second-order valence-corrected chi connectivity index (χ2v) is 17.6. The van der Waals surface area contributed by atoms with Gasteiger partial charge in [0, 0.05) is 24.7 Å². The lowest BCUT2D eigenvalue weighted by atomic mass is 10.00. The van der Waals surface area contributed by atoms with E-state index in [1.807, 2.05) is 22.7 Å². The summed E-state index contributed by atoms with van der Waals surface area (Å²) in [6.45, 7) is 10.5. The summed E-state index contributed by atoms with van der Waals surface area (Å²) in [7, 11) is 0. The number of hydrogen-bond donors (Lipinski definition) is 0. The topological polar surface area (TPSA) is 18.5 Å². The van der Waals surface area contributed by atoms with Gasteiger partial charge in [-0.3, -0.25) is 0 Å². The molecule has 2 aliphatic rings. The van der Waals surface area contributed by atoms with Gasteiger partial charge in [-0.25, -0.2) is 0 Å². The van der Waals surface area contributed by atoms with Crippen molar-refractivity contribution in [2.45, 2.75) is 102 Å². The maximum absolute atomic E-state index is 6.14. The monoisotopic (exact) mass is 676 g/mol. The number of rotatable bonds is 15. The Bertz CT molecular complexity index is 1520. The summed E-state index contributed by atoms with van der Waals surface area (Å²) in [4.78, 5) is 1.16. The van der Waals surface area contributed by atoms with Gasteiger partial charge in [0.05, 0.1) is 27.4 Å². The highest BCUT2D eigenvalue weighted by Crippen LogP contribution is 2.58. The summed E-state index contributed by atoms with van der Waals surface area (Å²) in [5.74, 6) is 1.74. The lowest BCUT2D eigenvalue weighted by molar-refractivity contribution is 0.233. The van der Waals surface area contributed by atoms with E-state index in [2.05, 4.69) is 58.0 Å². The molecule has 0 N–H and O–H groups in total. The molecular formula is C34H44O2S6. The van der Waals surface area contributed by atoms with Crippen LogP contribution in [0.3, 0.4) is 0 Å². The van der Waals surface area contributed by atoms with Gasteiger partial charge in [-0.2, -0.15) is 0 Å². The molecule has 0 saturated heterocycles. The molecule has 1 aromatic carbocycles. The molecule has 0 amide bonds. The van der Waals surface area contributed by atoms with Gasteiger partial charge in [-0.1, -0.05) is 96.5 Å². The largest absolute Gasteiger partial charge is 0.478 e. The third-order valence-electron chi connectivity index (χ3n) is 8.77. The zero-order valence-electron chi connectivity index (χ0n) is 25.4. The molecule has 1 saturated carbocycles. The average molecular weight is 677 g/mol. The summed E-state index contributed by atoms with van der Waals surface area (Å²) in [6.07, 6.45) is 17.3. The van der Waals surface area contributed by atoms with Gasteiger partial charge in [-0.15, -0.1) is 22.7 Å². The van der Waals surface area contributed by atoms with Crippen LogP contribution in [0.25, 0.3) is 31.6 Å². The Kier molecular flexibility index (Phi) is 11.8. The van der Waals surface area contributed by atoms with Gasteiger partial charge in [0.2, 0.25) is 8.77 Å². The molecule has 0 aliphatic heterocycles. The van der Waals surface area contributed by atoms with E-state index >= 15 is 0 Å². The fourth-order valence-corrected chi connectivity index (χ4v) is 11.4. The Morgan fingerprint density at radius 3 is 2.36 bits per heavy atom. The van der Waals surface area contributed by atoms with Crippen LogP contribution < -0.4 is 9.75 Å². The second kappa shape index (κ2) is 15.1. The molecule has 0 spiro atoms. The minimum Gasteiger partial charge on any atom is -0.478 e. The zero-order chi connectivity index (χ0) is 29.7. The third kappa shape index (κ3) is 7.77. The van der Waals surface area contributed by atoms with Crippen molar-refractivity contribution >= 4 is 111 Å². The molecule has 4 unspecified atom stereocenters. The summed E-state index contributed by atoms with van der Waals surface area (Å²) in [6, 6.07) is 6.76. The highest BCUT2D eigenvalue weighted by Gasteiger charge is 2.54. The van der Waals surface area contributed by atoms with Crippen LogP contribution in [0.4, 0.5) is 0 Å². The number of benzene rings is 1. The first kappa shape index (κ1) is 32.7. The van der Waals surface area contributed by atoms with E-state index < -0.39 is 0 Å². The zero-order valence-corrected chi connectivity index (χ0v) is 30.3. The van der Waals surface area contributed by atoms with Crippen LogP contribution in [0.2, 0.25) is 0 Å². The van der Waals surface area contributed by atoms with Crippen molar-refractivity contribution in [1.82, 2.24) is 0 Å². The second-order valence-electron chi connectivity index (χ2n) is 11.9. The number of thiocarbonyl (C=S) groups is 2. The Balaban J connectivity index is 1.23. The number of hydrogen-bond acceptors (Lipinski definition) is 8. The number of thioether (sulfide) groups is 2. The van der Waals surface area contributed by atoms with E-state index in [-0.39, 0.29) is 4.75 Å². The molecule has 2 aliphatic carbocycles. The predicted molar refractivity (Wildman–Crippen MR) is 198 cm³/mol. The SMILES string of the molecule is CCCCCC(CC)COC(=S)SC12C=c3sc4c(sc5cc(SC(=S)OCC(CC)CCCC)ccc54)c3=CC1C2. The third-order valence-corrected chi connectivity index (χ3v) is 14.0. The lowest BCUT2D eigenvalue weighted by Crippen LogP contribution is -2.27. The van der Waals surface area contributed by atoms with E-state index in [1.54, 1.807) is 23.5 Å². The van der Waals surface area contributed by atoms with Crippen LogP contribution in [0.5, 0.6) is 0 Å². The fourth-order valence-electron chi connectivity index (χ4n) is 5.83. The number of unbranched alkanes of at least 4 members (excludes halogenated alkanes) is 3. The highest BCUT2D eigenvalue weighted by atomic mass is 32.2. The van der Waals surface area contributed by atoms with Crippen molar-refractivity contribution in [1.29, 1.82) is 0 Å². The summed E-state index contributed by atoms with van der Waals surface area (Å²) in [5.41, 5.74) is 0. The molecular weight excluding hydrogens is 633 g/mol. The van der Waals surface area contributed by atoms with Gasteiger partial charge in [0.25, 0.3) is 0 Å². The number of ether oxygens (including phenoxy) is 2. The Hall–Kier alpha value is -0.640. The van der Waals surface area contributed by atoms with E-state index in [1.165, 1.54) is 74.2 Å². The summed E-state index contributed by atoms with van der Waals surface area (Å²) < 4.78 is 19.1. The van der Waals surface area contributed by atoms with Crippen molar-refractivity contribution in [2.24, 2.45) is 17.8 Å². The van der Waals surface area contributed by atoms with Crippen molar-refractivity contribution in [3.8, 4) is 0 Å². The molecule has 2 nitrogen and oxygen atoms in total. The summed E-state index contributed by atoms with van der Waals surface area (Å²) >= 11 is 18.5. The van der Waals surface area contributed by atoms with Crippen molar-refractivity contribution in [2.75, 3.05) is 13.2 Å². The first-order valence-corrected chi connectivity index (χ1v) is 19.9. The first-order valence-electron chi connectivity index (χ1n) is 15.8. The quantitative estimate of drug-likeness (QED) is 0.0899. The van der Waals surface area contributed by atoms with Crippen LogP contribution in [0, 0.1) is 17.8 Å². The van der Waals surface area contributed by atoms with Crippen LogP contribution in [-0.4, -0.2) is 26.7 Å². The average Bonchev–Trinajstić information content (AvgIpc) is 3.40. The molecule has 3 aromatic rings. The van der Waals surface area contributed by atoms with Gasteiger partial charge < -0.3 is 9.47 Å². The maximum atomic E-state index is 6.14. The van der Waals surface area contributed by atoms with Crippen LogP contribution in [0.15, 0.2) is 23.1 Å². The van der Waals surface area contributed by atoms with Gasteiger partial charge >= 0.3 is 0 Å². The molecule has 0 radical (unpaired) electrons. The van der Waals surface area contributed by atoms with Crippen LogP contribution in [-0.2, 0) is 9.47 Å². The van der Waals surface area contributed by atoms with E-state index in [0.717, 1.165) is 41.8 Å². The Labute approximate surface area is 279 Å². The molecule has 1 fully saturated rings. The van der Waals surface area contributed by atoms with Crippen LogP contribution >= 0.6 is 70.6 Å². The normalized spacial score (nSPS) is 20.3. The van der Waals surface area contributed by atoms with Crippen molar-refractivity contribution < 1.29 is 9.47 Å². The molecule has 0 bridgehead atoms. The minimum absolute atomic E-state index is 0.0869. The van der Waals surface area contributed by atoms with E-state index in [0.29, 0.717) is 22.1 Å². The molecule has 8 heteroatoms. The lowest BCUT2D eigenvalue weighted by Gasteiger charge is -2.18. The van der Waals surface area contributed by atoms with Crippen molar-refractivity contribution in [3.05, 3.63) is 28.0 Å². The molecule has 4 atom stereocenters. The van der Waals surface area contributed by atoms with Gasteiger partial charge in [0.15, 0.2) is 0 Å². The summed E-state index contributed by atoms with van der Waals surface area (Å²) in [5, 5.41) is 2.77. The van der Waals surface area contributed by atoms with Crippen molar-refractivity contribution in [3.63, 3.8) is 0 Å². The smallest absolute Gasteiger partial charge is 0.224 e. The molecule has 2 heterocycles. The number of fused-ring (bicyclic) bond motifs is 6. The van der Waals surface area contributed by atoms with Gasteiger partial charge in [0.1, 0.15) is 0 Å². The molecule has 228 valence electrons. The number of thiophene rings is 2. The standard InChI is InChI=1S/C34H44O2S6/c1-5-9-11-13-23(8-4)21-36-33(38)42-34-18-24(34)16-27-29(19-34)41-30-26-15-14-25(17-28(26)40-31(27)30)39-32(37)35-20-22(7-3)12-10-6-2/h14-17,19,22-24H,5-13,18,20-21H2,1-4H3. The minimum atomic E-state index is 0.0869. The predicted octanol–water partition coefficient (Wildman–Crippen LogP) is 10.7. The van der Waals surface area contributed by atoms with Crippen LogP contribution in [0.1, 0.15) is 91.9 Å². The van der Waals surface area contributed by atoms with E-state index in [9.17, 15) is 0 Å². The Morgan fingerprint density at radius 2 is 1.64 bits per heavy atom. The van der Waals surface area contributed by atoms with Gasteiger partial charge in [-0.05, 0) is 91.4 Å². The molecule has 5 rings (SSSR count).